The zero-order valence-corrected chi connectivity index (χ0v) is 19.9. The van der Waals surface area contributed by atoms with Crippen molar-refractivity contribution in [2.24, 2.45) is 4.99 Å². The number of aliphatic imine (C=N–C) groups is 1. The Balaban J connectivity index is 0.00000300. The number of nitrogens with one attached hydrogen (secondary N) is 2. The van der Waals surface area contributed by atoms with Gasteiger partial charge in [0.15, 0.2) is 15.8 Å². The fourth-order valence-corrected chi connectivity index (χ4v) is 3.82. The van der Waals surface area contributed by atoms with E-state index in [4.69, 9.17) is 4.42 Å². The number of sulfone groups is 1. The zero-order chi connectivity index (χ0) is 20.1. The van der Waals surface area contributed by atoms with E-state index >= 15 is 0 Å². The lowest BCUT2D eigenvalue weighted by Gasteiger charge is -2.11. The van der Waals surface area contributed by atoms with Crippen molar-refractivity contribution < 1.29 is 12.8 Å². The van der Waals surface area contributed by atoms with Gasteiger partial charge in [-0.3, -0.25) is 4.99 Å². The normalized spacial score (nSPS) is 11.9. The first-order valence-corrected chi connectivity index (χ1v) is 11.1. The summed E-state index contributed by atoms with van der Waals surface area (Å²) in [4.78, 5) is 4.24. The van der Waals surface area contributed by atoms with Gasteiger partial charge in [0.25, 0.3) is 0 Å². The minimum atomic E-state index is -3.02. The number of fused-ring (bicyclic) bond motifs is 1. The van der Waals surface area contributed by atoms with Crippen LogP contribution in [0.3, 0.4) is 0 Å². The molecule has 0 aliphatic heterocycles. The smallest absolute Gasteiger partial charge is 0.191 e. The molecule has 0 radical (unpaired) electrons. The number of benzene rings is 2. The van der Waals surface area contributed by atoms with Gasteiger partial charge in [0.2, 0.25) is 0 Å². The van der Waals surface area contributed by atoms with Gasteiger partial charge in [-0.15, -0.1) is 24.0 Å². The van der Waals surface area contributed by atoms with Gasteiger partial charge >= 0.3 is 0 Å². The third-order valence-corrected chi connectivity index (χ3v) is 5.35. The highest BCUT2D eigenvalue weighted by molar-refractivity contribution is 14.0. The summed E-state index contributed by atoms with van der Waals surface area (Å²) >= 11 is 0. The van der Waals surface area contributed by atoms with E-state index < -0.39 is 9.84 Å². The largest absolute Gasteiger partial charge is 0.459 e. The van der Waals surface area contributed by atoms with Crippen molar-refractivity contribution in [3.8, 4) is 0 Å². The number of aryl methyl sites for hydroxylation is 1. The lowest BCUT2D eigenvalue weighted by Crippen LogP contribution is -2.36. The van der Waals surface area contributed by atoms with Crippen molar-refractivity contribution in [2.75, 3.05) is 13.3 Å². The van der Waals surface area contributed by atoms with Gasteiger partial charge < -0.3 is 15.1 Å². The maximum absolute atomic E-state index is 11.4. The van der Waals surface area contributed by atoms with Gasteiger partial charge in [-0.2, -0.15) is 0 Å². The Bertz CT molecular complexity index is 1090. The summed E-state index contributed by atoms with van der Waals surface area (Å²) in [6, 6.07) is 15.5. The van der Waals surface area contributed by atoms with Crippen LogP contribution in [0.25, 0.3) is 11.0 Å². The molecule has 0 spiro atoms. The molecule has 0 fully saturated rings. The fourth-order valence-electron chi connectivity index (χ4n) is 3.02. The van der Waals surface area contributed by atoms with Crippen molar-refractivity contribution >= 4 is 50.7 Å². The number of halogens is 1. The Morgan fingerprint density at radius 2 is 1.62 bits per heavy atom. The Morgan fingerprint density at radius 3 is 2.24 bits per heavy atom. The van der Waals surface area contributed by atoms with Crippen molar-refractivity contribution in [3.63, 3.8) is 0 Å². The summed E-state index contributed by atoms with van der Waals surface area (Å²) < 4.78 is 28.6. The maximum atomic E-state index is 11.4. The van der Waals surface area contributed by atoms with Crippen LogP contribution in [0.15, 0.2) is 57.9 Å². The molecule has 0 saturated heterocycles. The third kappa shape index (κ3) is 6.46. The lowest BCUT2D eigenvalue weighted by molar-refractivity contribution is 0.534. The summed E-state index contributed by atoms with van der Waals surface area (Å²) in [5.41, 5.74) is 3.84. The van der Waals surface area contributed by atoms with Crippen LogP contribution in [0.2, 0.25) is 0 Å². The minimum absolute atomic E-state index is 0. The highest BCUT2D eigenvalue weighted by Crippen LogP contribution is 2.24. The first-order chi connectivity index (χ1) is 13.4. The number of rotatable bonds is 6. The first-order valence-electron chi connectivity index (χ1n) is 9.03. The maximum Gasteiger partial charge on any atom is 0.191 e. The molecular formula is C21H26IN3O3S. The molecule has 1 aromatic heterocycles. The van der Waals surface area contributed by atoms with E-state index in [1.54, 1.807) is 7.05 Å². The van der Waals surface area contributed by atoms with Gasteiger partial charge in [-0.1, -0.05) is 42.5 Å². The van der Waals surface area contributed by atoms with Crippen LogP contribution in [-0.4, -0.2) is 27.7 Å². The topological polar surface area (TPSA) is 83.7 Å². The average molecular weight is 527 g/mol. The van der Waals surface area contributed by atoms with Gasteiger partial charge in [-0.05, 0) is 24.1 Å². The molecule has 8 heteroatoms. The highest BCUT2D eigenvalue weighted by atomic mass is 127. The predicted octanol–water partition coefficient (Wildman–Crippen LogP) is 3.77. The van der Waals surface area contributed by atoms with E-state index in [0.29, 0.717) is 19.0 Å². The first kappa shape index (κ1) is 23.2. The Kier molecular flexibility index (Phi) is 8.09. The van der Waals surface area contributed by atoms with Gasteiger partial charge in [0, 0.05) is 30.8 Å². The van der Waals surface area contributed by atoms with Crippen molar-refractivity contribution in [2.45, 2.75) is 25.8 Å². The molecule has 0 amide bonds. The molecule has 0 bridgehead atoms. The number of para-hydroxylation sites is 1. The summed E-state index contributed by atoms with van der Waals surface area (Å²) in [5, 5.41) is 7.64. The minimum Gasteiger partial charge on any atom is -0.459 e. The molecule has 0 aliphatic rings. The highest BCUT2D eigenvalue weighted by Gasteiger charge is 2.10. The Labute approximate surface area is 188 Å². The van der Waals surface area contributed by atoms with E-state index in [9.17, 15) is 8.42 Å². The Hall–Kier alpha value is -2.07. The number of hydrogen-bond acceptors (Lipinski definition) is 4. The predicted molar refractivity (Wildman–Crippen MR) is 128 cm³/mol. The number of nitrogens with zero attached hydrogens (tertiary/aromatic N) is 1. The third-order valence-electron chi connectivity index (χ3n) is 4.49. The summed E-state index contributed by atoms with van der Waals surface area (Å²) in [6.45, 7) is 3.17. The van der Waals surface area contributed by atoms with Gasteiger partial charge in [-0.25, -0.2) is 8.42 Å². The van der Waals surface area contributed by atoms with Crippen LogP contribution in [0, 0.1) is 6.92 Å². The summed E-state index contributed by atoms with van der Waals surface area (Å²) in [5.74, 6) is 1.61. The average Bonchev–Trinajstić information content (AvgIpc) is 2.98. The number of furan rings is 1. The van der Waals surface area contributed by atoms with Crippen LogP contribution in [0.5, 0.6) is 0 Å². The van der Waals surface area contributed by atoms with Crippen molar-refractivity contribution in [1.82, 2.24) is 10.6 Å². The van der Waals surface area contributed by atoms with Crippen molar-refractivity contribution in [1.29, 1.82) is 0 Å². The Morgan fingerprint density at radius 1 is 1.00 bits per heavy atom. The second-order valence-electron chi connectivity index (χ2n) is 6.81. The van der Waals surface area contributed by atoms with Crippen molar-refractivity contribution in [3.05, 3.63) is 71.0 Å². The monoisotopic (exact) mass is 527 g/mol. The molecular weight excluding hydrogens is 501 g/mol. The van der Waals surface area contributed by atoms with Crippen LogP contribution in [-0.2, 0) is 28.7 Å². The van der Waals surface area contributed by atoms with E-state index in [2.05, 4.69) is 28.6 Å². The quantitative estimate of drug-likeness (QED) is 0.290. The van der Waals surface area contributed by atoms with E-state index in [1.165, 1.54) is 6.26 Å². The van der Waals surface area contributed by atoms with Crippen LogP contribution in [0.4, 0.5) is 0 Å². The van der Waals surface area contributed by atoms with E-state index in [1.807, 2.05) is 42.5 Å². The second kappa shape index (κ2) is 10.1. The molecule has 0 saturated carbocycles. The standard InChI is InChI=1S/C21H25N3O3S.HI/c1-15-18-6-4-5-7-19(18)27-20(15)13-24-21(22-2)23-12-16-8-10-17(11-9-16)14-28(3,25)26;/h4-11H,12-14H2,1-3H3,(H2,22,23,24);1H. The molecule has 0 aliphatic carbocycles. The summed E-state index contributed by atoms with van der Waals surface area (Å²) in [6.07, 6.45) is 1.24. The van der Waals surface area contributed by atoms with E-state index in [-0.39, 0.29) is 29.7 Å². The van der Waals surface area contributed by atoms with Crippen LogP contribution >= 0.6 is 24.0 Å². The molecule has 3 rings (SSSR count). The fraction of sp³-hybridized carbons (Fsp3) is 0.286. The lowest BCUT2D eigenvalue weighted by atomic mass is 10.1. The van der Waals surface area contributed by atoms with Crippen LogP contribution < -0.4 is 10.6 Å². The second-order valence-corrected chi connectivity index (χ2v) is 8.95. The van der Waals surface area contributed by atoms with Gasteiger partial charge in [0.05, 0.1) is 12.3 Å². The molecule has 29 heavy (non-hydrogen) atoms. The molecule has 156 valence electrons. The molecule has 3 aromatic rings. The van der Waals surface area contributed by atoms with E-state index in [0.717, 1.165) is 33.4 Å². The molecule has 0 atom stereocenters. The number of hydrogen-bond donors (Lipinski definition) is 2. The molecule has 0 unspecified atom stereocenters. The molecule has 1 heterocycles. The number of guanidine groups is 1. The molecule has 6 nitrogen and oxygen atoms in total. The summed E-state index contributed by atoms with van der Waals surface area (Å²) in [7, 11) is -1.30. The SMILES string of the molecule is CN=C(NCc1ccc(CS(C)(=O)=O)cc1)NCc1oc2ccccc2c1C.I. The molecule has 2 N–H and O–H groups in total. The molecule has 2 aromatic carbocycles. The zero-order valence-electron chi connectivity index (χ0n) is 16.7. The van der Waals surface area contributed by atoms with Crippen LogP contribution in [0.1, 0.15) is 22.5 Å². The van der Waals surface area contributed by atoms with Gasteiger partial charge in [0.1, 0.15) is 11.3 Å².